The molecule has 1 N–H and O–H groups in total. The standard InChI is InChI=1S/C20H22FN5O/c1-27-13-12-26-20(22-23-24-26)19(16-6-8-18(21)9-7-16)25-11-10-15-4-2-3-5-17(15)14-25/h2-9,19H,10-14H2,1H3/p+1/t19-/m0/s1. The molecule has 2 atom stereocenters. The van der Waals surface area contributed by atoms with Gasteiger partial charge in [0.2, 0.25) is 5.82 Å². The Morgan fingerprint density at radius 2 is 1.93 bits per heavy atom. The molecule has 0 spiro atoms. The fourth-order valence-electron chi connectivity index (χ4n) is 3.83. The molecule has 0 fully saturated rings. The van der Waals surface area contributed by atoms with Crippen LogP contribution in [0.5, 0.6) is 0 Å². The van der Waals surface area contributed by atoms with Crippen molar-refractivity contribution in [1.82, 2.24) is 20.2 Å². The second-order valence-electron chi connectivity index (χ2n) is 6.84. The smallest absolute Gasteiger partial charge is 0.214 e. The monoisotopic (exact) mass is 368 g/mol. The van der Waals surface area contributed by atoms with Gasteiger partial charge in [-0.25, -0.2) is 9.07 Å². The summed E-state index contributed by atoms with van der Waals surface area (Å²) in [7, 11) is 1.66. The number of tetrazole rings is 1. The largest absolute Gasteiger partial charge is 0.383 e. The van der Waals surface area contributed by atoms with Gasteiger partial charge in [-0.05, 0) is 40.3 Å². The normalized spacial score (nSPS) is 17.5. The molecule has 6 nitrogen and oxygen atoms in total. The van der Waals surface area contributed by atoms with Gasteiger partial charge in [0.25, 0.3) is 0 Å². The second-order valence-corrected chi connectivity index (χ2v) is 6.84. The molecule has 1 aliphatic heterocycles. The summed E-state index contributed by atoms with van der Waals surface area (Å²) in [5, 5.41) is 12.4. The number of quaternary nitrogens is 1. The summed E-state index contributed by atoms with van der Waals surface area (Å²) >= 11 is 0. The number of nitrogens with one attached hydrogen (secondary N) is 1. The highest BCUT2D eigenvalue weighted by molar-refractivity contribution is 5.28. The number of hydrogen-bond acceptors (Lipinski definition) is 4. The minimum absolute atomic E-state index is 0.0641. The molecule has 140 valence electrons. The highest BCUT2D eigenvalue weighted by Gasteiger charge is 2.34. The molecule has 0 bridgehead atoms. The maximum atomic E-state index is 13.5. The van der Waals surface area contributed by atoms with E-state index in [0.29, 0.717) is 13.2 Å². The molecule has 2 aromatic carbocycles. The summed E-state index contributed by atoms with van der Waals surface area (Å²) in [5.74, 6) is 0.545. The molecular weight excluding hydrogens is 345 g/mol. The first-order valence-corrected chi connectivity index (χ1v) is 9.18. The molecule has 0 radical (unpaired) electrons. The maximum Gasteiger partial charge on any atom is 0.214 e. The van der Waals surface area contributed by atoms with E-state index in [1.54, 1.807) is 11.8 Å². The van der Waals surface area contributed by atoms with Crippen molar-refractivity contribution < 1.29 is 14.0 Å². The zero-order chi connectivity index (χ0) is 18.6. The van der Waals surface area contributed by atoms with Gasteiger partial charge in [-0.15, -0.1) is 5.10 Å². The Labute approximate surface area is 157 Å². The Morgan fingerprint density at radius 3 is 2.70 bits per heavy atom. The van der Waals surface area contributed by atoms with Crippen molar-refractivity contribution in [2.45, 2.75) is 25.6 Å². The predicted molar refractivity (Wildman–Crippen MR) is 97.6 cm³/mol. The minimum atomic E-state index is -0.240. The van der Waals surface area contributed by atoms with Gasteiger partial charge in [-0.2, -0.15) is 0 Å². The third-order valence-corrected chi connectivity index (χ3v) is 5.19. The Bertz CT molecular complexity index is 895. The van der Waals surface area contributed by atoms with E-state index in [2.05, 4.69) is 39.8 Å². The molecule has 2 heterocycles. The van der Waals surface area contributed by atoms with Gasteiger partial charge in [0, 0.05) is 24.7 Å². The van der Waals surface area contributed by atoms with Crippen molar-refractivity contribution in [2.75, 3.05) is 20.3 Å². The van der Waals surface area contributed by atoms with Crippen molar-refractivity contribution in [3.63, 3.8) is 0 Å². The van der Waals surface area contributed by atoms with E-state index in [1.165, 1.54) is 28.2 Å². The fraction of sp³-hybridized carbons (Fsp3) is 0.350. The molecular formula is C20H23FN5O+. The zero-order valence-corrected chi connectivity index (χ0v) is 15.3. The number of aromatic nitrogens is 4. The van der Waals surface area contributed by atoms with Crippen molar-refractivity contribution in [3.05, 3.63) is 76.9 Å². The second kappa shape index (κ2) is 7.94. The van der Waals surface area contributed by atoms with Crippen LogP contribution in [0.1, 0.15) is 28.6 Å². The quantitative estimate of drug-likeness (QED) is 0.710. The summed E-state index contributed by atoms with van der Waals surface area (Å²) < 4.78 is 20.5. The lowest BCUT2D eigenvalue weighted by molar-refractivity contribution is -0.941. The molecule has 0 amide bonds. The van der Waals surface area contributed by atoms with E-state index in [1.807, 2.05) is 12.1 Å². The molecule has 1 aromatic heterocycles. The molecule has 0 saturated carbocycles. The Morgan fingerprint density at radius 1 is 1.15 bits per heavy atom. The highest BCUT2D eigenvalue weighted by atomic mass is 19.1. The first-order valence-electron chi connectivity index (χ1n) is 9.18. The van der Waals surface area contributed by atoms with Crippen LogP contribution in [-0.2, 0) is 24.2 Å². The lowest BCUT2D eigenvalue weighted by atomic mass is 9.96. The number of methoxy groups -OCH3 is 1. The van der Waals surface area contributed by atoms with Gasteiger partial charge in [0.1, 0.15) is 12.4 Å². The van der Waals surface area contributed by atoms with Crippen molar-refractivity contribution in [2.24, 2.45) is 0 Å². The van der Waals surface area contributed by atoms with E-state index >= 15 is 0 Å². The topological polar surface area (TPSA) is 57.3 Å². The molecule has 0 saturated heterocycles. The van der Waals surface area contributed by atoms with Crippen molar-refractivity contribution in [1.29, 1.82) is 0 Å². The average molecular weight is 368 g/mol. The van der Waals surface area contributed by atoms with Crippen LogP contribution in [-0.4, -0.2) is 40.5 Å². The SMILES string of the molecule is COCCn1nnnc1[C@H](c1ccc(F)cc1)[NH+]1CCc2ccccc2C1. The van der Waals surface area contributed by atoms with Gasteiger partial charge in [-0.1, -0.05) is 24.3 Å². The van der Waals surface area contributed by atoms with E-state index < -0.39 is 0 Å². The summed E-state index contributed by atoms with van der Waals surface area (Å²) in [6, 6.07) is 15.2. The van der Waals surface area contributed by atoms with Gasteiger partial charge in [0.15, 0.2) is 6.04 Å². The molecule has 27 heavy (non-hydrogen) atoms. The Hall–Kier alpha value is -2.64. The molecule has 1 unspecified atom stereocenters. The number of hydrogen-bond donors (Lipinski definition) is 1. The third kappa shape index (κ3) is 3.74. The Kier molecular flexibility index (Phi) is 5.22. The van der Waals surface area contributed by atoms with E-state index in [-0.39, 0.29) is 11.9 Å². The van der Waals surface area contributed by atoms with Gasteiger partial charge in [0.05, 0.1) is 19.7 Å². The summed E-state index contributed by atoms with van der Waals surface area (Å²) in [4.78, 5) is 1.36. The highest BCUT2D eigenvalue weighted by Crippen LogP contribution is 2.20. The number of nitrogens with zero attached hydrogens (tertiary/aromatic N) is 4. The van der Waals surface area contributed by atoms with Crippen LogP contribution in [0.4, 0.5) is 4.39 Å². The van der Waals surface area contributed by atoms with Crippen molar-refractivity contribution >= 4 is 0 Å². The number of rotatable bonds is 6. The Balaban J connectivity index is 1.71. The number of ether oxygens (including phenoxy) is 1. The lowest BCUT2D eigenvalue weighted by Crippen LogP contribution is -3.12. The molecule has 0 aliphatic carbocycles. The van der Waals surface area contributed by atoms with Crippen LogP contribution >= 0.6 is 0 Å². The maximum absolute atomic E-state index is 13.5. The predicted octanol–water partition coefficient (Wildman–Crippen LogP) is 1.19. The summed E-state index contributed by atoms with van der Waals surface area (Å²) in [5.41, 5.74) is 3.76. The molecule has 4 rings (SSSR count). The van der Waals surface area contributed by atoms with Crippen LogP contribution in [0.15, 0.2) is 48.5 Å². The van der Waals surface area contributed by atoms with Crippen LogP contribution in [0.3, 0.4) is 0 Å². The van der Waals surface area contributed by atoms with E-state index in [9.17, 15) is 4.39 Å². The molecule has 3 aromatic rings. The van der Waals surface area contributed by atoms with Crippen LogP contribution in [0.25, 0.3) is 0 Å². The fourth-order valence-corrected chi connectivity index (χ4v) is 3.83. The minimum Gasteiger partial charge on any atom is -0.383 e. The summed E-state index contributed by atoms with van der Waals surface area (Å²) in [6.45, 7) is 2.97. The molecule has 7 heteroatoms. The number of benzene rings is 2. The zero-order valence-electron chi connectivity index (χ0n) is 15.3. The first-order chi connectivity index (χ1) is 13.3. The molecule has 1 aliphatic rings. The lowest BCUT2D eigenvalue weighted by Gasteiger charge is -2.32. The third-order valence-electron chi connectivity index (χ3n) is 5.19. The average Bonchev–Trinajstić information content (AvgIpc) is 3.16. The van der Waals surface area contributed by atoms with E-state index in [4.69, 9.17) is 4.74 Å². The van der Waals surface area contributed by atoms with Crippen LogP contribution < -0.4 is 4.90 Å². The van der Waals surface area contributed by atoms with Crippen LogP contribution in [0.2, 0.25) is 0 Å². The van der Waals surface area contributed by atoms with Gasteiger partial charge < -0.3 is 9.64 Å². The van der Waals surface area contributed by atoms with Crippen molar-refractivity contribution in [3.8, 4) is 0 Å². The van der Waals surface area contributed by atoms with Crippen LogP contribution in [0, 0.1) is 5.82 Å². The summed E-state index contributed by atoms with van der Waals surface area (Å²) in [6.07, 6.45) is 1.00. The number of fused-ring (bicyclic) bond motifs is 1. The van der Waals surface area contributed by atoms with Gasteiger partial charge in [-0.3, -0.25) is 0 Å². The van der Waals surface area contributed by atoms with E-state index in [0.717, 1.165) is 30.9 Å². The van der Waals surface area contributed by atoms with Gasteiger partial charge >= 0.3 is 0 Å². The first kappa shape index (κ1) is 17.8. The number of halogens is 1.